The maximum absolute atomic E-state index is 12.5. The Bertz CT molecular complexity index is 1210. The van der Waals surface area contributed by atoms with E-state index in [-0.39, 0.29) is 25.0 Å². The van der Waals surface area contributed by atoms with E-state index in [2.05, 4.69) is 31.2 Å². The van der Waals surface area contributed by atoms with E-state index >= 15 is 0 Å². The van der Waals surface area contributed by atoms with E-state index in [0.717, 1.165) is 17.9 Å². The third-order valence-corrected chi connectivity index (χ3v) is 5.40. The van der Waals surface area contributed by atoms with Gasteiger partial charge in [0.15, 0.2) is 12.5 Å². The third-order valence-electron chi connectivity index (χ3n) is 5.40. The van der Waals surface area contributed by atoms with Crippen LogP contribution in [0, 0.1) is 0 Å². The van der Waals surface area contributed by atoms with Gasteiger partial charge in [0.2, 0.25) is 0 Å². The second-order valence-corrected chi connectivity index (χ2v) is 8.27. The van der Waals surface area contributed by atoms with Crippen molar-refractivity contribution < 1.29 is 18.7 Å². The summed E-state index contributed by atoms with van der Waals surface area (Å²) in [5.74, 6) is 2.40. The summed E-state index contributed by atoms with van der Waals surface area (Å²) in [5, 5.41) is 7.01. The molecular formula is C27H29N3O4. The molecule has 2 aromatic heterocycles. The minimum atomic E-state index is -0.358. The highest BCUT2D eigenvalue weighted by Gasteiger charge is 2.13. The van der Waals surface area contributed by atoms with Crippen LogP contribution in [0.15, 0.2) is 77.5 Å². The fourth-order valence-electron chi connectivity index (χ4n) is 3.33. The number of amides is 1. The molecule has 0 spiro atoms. The first kappa shape index (κ1) is 23.2. The number of aromatic nitrogens is 2. The Balaban J connectivity index is 1.26. The van der Waals surface area contributed by atoms with E-state index in [4.69, 9.17) is 13.9 Å². The van der Waals surface area contributed by atoms with Crippen molar-refractivity contribution in [1.29, 1.82) is 0 Å². The van der Waals surface area contributed by atoms with Gasteiger partial charge in [-0.05, 0) is 59.9 Å². The summed E-state index contributed by atoms with van der Waals surface area (Å²) in [5.41, 5.74) is 3.06. The molecule has 0 radical (unpaired) electrons. The monoisotopic (exact) mass is 459 g/mol. The predicted molar refractivity (Wildman–Crippen MR) is 130 cm³/mol. The van der Waals surface area contributed by atoms with E-state index in [0.29, 0.717) is 17.4 Å². The van der Waals surface area contributed by atoms with Gasteiger partial charge < -0.3 is 19.2 Å². The van der Waals surface area contributed by atoms with Crippen molar-refractivity contribution in [3.63, 3.8) is 0 Å². The average Bonchev–Trinajstić information content (AvgIpc) is 3.51. The summed E-state index contributed by atoms with van der Waals surface area (Å²) in [4.78, 5) is 12.5. The summed E-state index contributed by atoms with van der Waals surface area (Å²) in [7, 11) is 0. The zero-order valence-electron chi connectivity index (χ0n) is 19.7. The fraction of sp³-hybridized carbons (Fsp3) is 0.259. The van der Waals surface area contributed by atoms with Crippen LogP contribution in [-0.4, -0.2) is 15.7 Å². The van der Waals surface area contributed by atoms with Crippen molar-refractivity contribution in [3.05, 3.63) is 95.7 Å². The molecule has 0 bridgehead atoms. The van der Waals surface area contributed by atoms with E-state index in [1.54, 1.807) is 29.2 Å². The SMILES string of the molecule is CCc1ccc(OCn2cc(NC(=O)c3ccc(COc4ccc(C(C)C)cc4)o3)cn2)cc1. The topological polar surface area (TPSA) is 78.5 Å². The molecule has 2 heterocycles. The summed E-state index contributed by atoms with van der Waals surface area (Å²) < 4.78 is 18.7. The van der Waals surface area contributed by atoms with Crippen molar-refractivity contribution in [3.8, 4) is 11.5 Å². The number of ether oxygens (including phenoxy) is 2. The van der Waals surface area contributed by atoms with Gasteiger partial charge in [-0.2, -0.15) is 5.10 Å². The number of benzene rings is 2. The number of anilines is 1. The van der Waals surface area contributed by atoms with Crippen LogP contribution in [0.3, 0.4) is 0 Å². The van der Waals surface area contributed by atoms with Crippen molar-refractivity contribution >= 4 is 11.6 Å². The molecule has 2 aromatic carbocycles. The lowest BCUT2D eigenvalue weighted by molar-refractivity contribution is 0.0992. The lowest BCUT2D eigenvalue weighted by Gasteiger charge is -2.08. The zero-order valence-corrected chi connectivity index (χ0v) is 19.7. The third kappa shape index (κ3) is 6.07. The number of nitrogens with zero attached hydrogens (tertiary/aromatic N) is 2. The molecule has 0 atom stereocenters. The molecular weight excluding hydrogens is 430 g/mol. The normalized spacial score (nSPS) is 10.9. The van der Waals surface area contributed by atoms with Gasteiger partial charge in [-0.1, -0.05) is 45.0 Å². The maximum atomic E-state index is 12.5. The minimum Gasteiger partial charge on any atom is -0.486 e. The van der Waals surface area contributed by atoms with Crippen LogP contribution >= 0.6 is 0 Å². The number of carbonyl (C=O) groups is 1. The number of aryl methyl sites for hydroxylation is 1. The van der Waals surface area contributed by atoms with E-state index in [9.17, 15) is 4.79 Å². The van der Waals surface area contributed by atoms with Gasteiger partial charge >= 0.3 is 0 Å². The van der Waals surface area contributed by atoms with Crippen LogP contribution in [0.1, 0.15) is 54.1 Å². The summed E-state index contributed by atoms with van der Waals surface area (Å²) in [6.07, 6.45) is 4.25. The Morgan fingerprint density at radius 2 is 1.71 bits per heavy atom. The predicted octanol–water partition coefficient (Wildman–Crippen LogP) is 6.03. The van der Waals surface area contributed by atoms with Crippen molar-refractivity contribution in [2.24, 2.45) is 0 Å². The maximum Gasteiger partial charge on any atom is 0.291 e. The summed E-state index contributed by atoms with van der Waals surface area (Å²) >= 11 is 0. The molecule has 0 saturated carbocycles. The van der Waals surface area contributed by atoms with Crippen LogP contribution in [0.5, 0.6) is 11.5 Å². The molecule has 0 fully saturated rings. The highest BCUT2D eigenvalue weighted by molar-refractivity contribution is 6.02. The second kappa shape index (κ2) is 10.7. The first-order chi connectivity index (χ1) is 16.5. The van der Waals surface area contributed by atoms with E-state index in [1.165, 1.54) is 11.1 Å². The Kier molecular flexibility index (Phi) is 7.32. The molecule has 176 valence electrons. The van der Waals surface area contributed by atoms with Crippen LogP contribution < -0.4 is 14.8 Å². The molecule has 7 heteroatoms. The average molecular weight is 460 g/mol. The zero-order chi connectivity index (χ0) is 23.9. The molecule has 0 unspecified atom stereocenters. The standard InChI is InChI=1S/C27H29N3O4/c1-4-20-5-9-24(10-6-20)33-18-30-16-22(15-28-30)29-27(31)26-14-13-25(34-26)17-32-23-11-7-21(8-12-23)19(2)3/h5-16,19H,4,17-18H2,1-3H3,(H,29,31). The lowest BCUT2D eigenvalue weighted by Crippen LogP contribution is -2.10. The van der Waals surface area contributed by atoms with Crippen molar-refractivity contribution in [2.75, 3.05) is 5.32 Å². The molecule has 4 rings (SSSR count). The van der Waals surface area contributed by atoms with Gasteiger partial charge in [0, 0.05) is 0 Å². The van der Waals surface area contributed by atoms with Gasteiger partial charge in [-0.25, -0.2) is 4.68 Å². The van der Waals surface area contributed by atoms with Crippen molar-refractivity contribution in [2.45, 2.75) is 46.4 Å². The molecule has 0 aliphatic heterocycles. The Hall–Kier alpha value is -4.00. The summed E-state index contributed by atoms with van der Waals surface area (Å²) in [6.45, 7) is 6.89. The smallest absolute Gasteiger partial charge is 0.291 e. The number of hydrogen-bond donors (Lipinski definition) is 1. The molecule has 1 N–H and O–H groups in total. The number of furan rings is 1. The van der Waals surface area contributed by atoms with Gasteiger partial charge in [-0.3, -0.25) is 4.79 Å². The Morgan fingerprint density at radius 3 is 2.41 bits per heavy atom. The summed E-state index contributed by atoms with van der Waals surface area (Å²) in [6, 6.07) is 19.3. The number of hydrogen-bond acceptors (Lipinski definition) is 5. The van der Waals surface area contributed by atoms with E-state index in [1.807, 2.05) is 48.5 Å². The van der Waals surface area contributed by atoms with Gasteiger partial charge in [0.05, 0.1) is 18.1 Å². The largest absolute Gasteiger partial charge is 0.486 e. The van der Waals surface area contributed by atoms with Crippen LogP contribution in [0.2, 0.25) is 0 Å². The molecule has 0 aliphatic carbocycles. The Labute approximate surface area is 199 Å². The second-order valence-electron chi connectivity index (χ2n) is 8.27. The lowest BCUT2D eigenvalue weighted by atomic mass is 10.0. The van der Waals surface area contributed by atoms with Crippen molar-refractivity contribution in [1.82, 2.24) is 9.78 Å². The van der Waals surface area contributed by atoms with Crippen LogP contribution in [0.4, 0.5) is 5.69 Å². The molecule has 1 amide bonds. The van der Waals surface area contributed by atoms with Gasteiger partial charge in [-0.15, -0.1) is 0 Å². The van der Waals surface area contributed by atoms with E-state index < -0.39 is 0 Å². The Morgan fingerprint density at radius 1 is 1.00 bits per heavy atom. The highest BCUT2D eigenvalue weighted by atomic mass is 16.5. The minimum absolute atomic E-state index is 0.203. The molecule has 7 nitrogen and oxygen atoms in total. The first-order valence-electron chi connectivity index (χ1n) is 11.4. The number of carbonyl (C=O) groups excluding carboxylic acids is 1. The van der Waals surface area contributed by atoms with Gasteiger partial charge in [0.1, 0.15) is 23.9 Å². The fourth-order valence-corrected chi connectivity index (χ4v) is 3.33. The number of rotatable bonds is 10. The number of nitrogens with one attached hydrogen (secondary N) is 1. The first-order valence-corrected chi connectivity index (χ1v) is 11.4. The molecule has 0 aliphatic rings. The highest BCUT2D eigenvalue weighted by Crippen LogP contribution is 2.20. The molecule has 0 saturated heterocycles. The molecule has 34 heavy (non-hydrogen) atoms. The quantitative estimate of drug-likeness (QED) is 0.313. The van der Waals surface area contributed by atoms with Gasteiger partial charge in [0.25, 0.3) is 5.91 Å². The van der Waals surface area contributed by atoms with Crippen LogP contribution in [0.25, 0.3) is 0 Å². The molecule has 4 aromatic rings. The van der Waals surface area contributed by atoms with Crippen LogP contribution in [-0.2, 0) is 19.8 Å².